The SMILES string of the molecule is COC1CCC(n2c(N)nc3cccc(Cl)c32)C1. The maximum absolute atomic E-state index is 6.28. The van der Waals surface area contributed by atoms with E-state index in [9.17, 15) is 0 Å². The third-order valence-corrected chi connectivity index (χ3v) is 4.05. The molecule has 2 aromatic rings. The summed E-state index contributed by atoms with van der Waals surface area (Å²) in [6, 6.07) is 6.05. The lowest BCUT2D eigenvalue weighted by atomic mass is 10.2. The van der Waals surface area contributed by atoms with Gasteiger partial charge in [-0.3, -0.25) is 0 Å². The van der Waals surface area contributed by atoms with E-state index in [1.54, 1.807) is 7.11 Å². The van der Waals surface area contributed by atoms with Crippen molar-refractivity contribution in [3.8, 4) is 0 Å². The average molecular weight is 266 g/mol. The number of ether oxygens (including phenoxy) is 1. The summed E-state index contributed by atoms with van der Waals surface area (Å²) >= 11 is 6.28. The molecule has 18 heavy (non-hydrogen) atoms. The van der Waals surface area contributed by atoms with Crippen LogP contribution in [0.25, 0.3) is 11.0 Å². The van der Waals surface area contributed by atoms with Crippen LogP contribution in [0, 0.1) is 0 Å². The highest BCUT2D eigenvalue weighted by molar-refractivity contribution is 6.35. The Bertz CT molecular complexity index is 581. The molecule has 96 valence electrons. The number of fused-ring (bicyclic) bond motifs is 1. The number of halogens is 1. The fraction of sp³-hybridized carbons (Fsp3) is 0.462. The first-order valence-electron chi connectivity index (χ1n) is 6.15. The molecule has 1 aliphatic rings. The molecule has 0 bridgehead atoms. The number of nitrogens with two attached hydrogens (primary N) is 1. The standard InChI is InChI=1S/C13H16ClN3O/c1-18-9-6-5-8(7-9)17-12-10(14)3-2-4-11(12)16-13(17)15/h2-4,8-9H,5-7H2,1H3,(H2,15,16). The number of nitrogen functional groups attached to an aromatic ring is 1. The lowest BCUT2D eigenvalue weighted by Crippen LogP contribution is -2.11. The second-order valence-corrected chi connectivity index (χ2v) is 5.18. The summed E-state index contributed by atoms with van der Waals surface area (Å²) in [4.78, 5) is 4.38. The van der Waals surface area contributed by atoms with Crippen molar-refractivity contribution in [3.63, 3.8) is 0 Å². The highest BCUT2D eigenvalue weighted by Crippen LogP contribution is 2.37. The Labute approximate surface area is 111 Å². The van der Waals surface area contributed by atoms with Gasteiger partial charge in [-0.15, -0.1) is 0 Å². The second kappa shape index (κ2) is 4.44. The molecule has 2 atom stereocenters. The fourth-order valence-corrected chi connectivity index (χ4v) is 3.12. The molecule has 0 aliphatic heterocycles. The van der Waals surface area contributed by atoms with Gasteiger partial charge in [-0.05, 0) is 31.4 Å². The summed E-state index contributed by atoms with van der Waals surface area (Å²) in [5, 5.41) is 0.706. The van der Waals surface area contributed by atoms with Crippen molar-refractivity contribution in [1.29, 1.82) is 0 Å². The predicted octanol–water partition coefficient (Wildman–Crippen LogP) is 3.01. The first-order chi connectivity index (χ1) is 8.70. The van der Waals surface area contributed by atoms with E-state index < -0.39 is 0 Å². The summed E-state index contributed by atoms with van der Waals surface area (Å²) in [6.45, 7) is 0. The lowest BCUT2D eigenvalue weighted by Gasteiger charge is -2.15. The number of benzene rings is 1. The summed E-state index contributed by atoms with van der Waals surface area (Å²) in [7, 11) is 1.76. The summed E-state index contributed by atoms with van der Waals surface area (Å²) < 4.78 is 7.48. The number of hydrogen-bond donors (Lipinski definition) is 1. The molecule has 0 spiro atoms. The van der Waals surface area contributed by atoms with E-state index in [2.05, 4.69) is 9.55 Å². The lowest BCUT2D eigenvalue weighted by molar-refractivity contribution is 0.106. The van der Waals surface area contributed by atoms with Crippen LogP contribution in [0.15, 0.2) is 18.2 Å². The zero-order valence-corrected chi connectivity index (χ0v) is 11.0. The first kappa shape index (κ1) is 11.8. The molecule has 0 radical (unpaired) electrons. The van der Waals surface area contributed by atoms with E-state index in [-0.39, 0.29) is 0 Å². The number of aromatic nitrogens is 2. The highest BCUT2D eigenvalue weighted by atomic mass is 35.5. The molecular weight excluding hydrogens is 250 g/mol. The Morgan fingerprint density at radius 1 is 1.44 bits per heavy atom. The van der Waals surface area contributed by atoms with Gasteiger partial charge < -0.3 is 15.0 Å². The molecule has 4 nitrogen and oxygen atoms in total. The molecule has 0 amide bonds. The van der Waals surface area contributed by atoms with Crippen molar-refractivity contribution in [3.05, 3.63) is 23.2 Å². The monoisotopic (exact) mass is 265 g/mol. The van der Waals surface area contributed by atoms with E-state index in [0.29, 0.717) is 23.1 Å². The van der Waals surface area contributed by atoms with Crippen LogP contribution in [-0.2, 0) is 4.74 Å². The Morgan fingerprint density at radius 2 is 2.28 bits per heavy atom. The smallest absolute Gasteiger partial charge is 0.201 e. The van der Waals surface area contributed by atoms with Crippen molar-refractivity contribution in [1.82, 2.24) is 9.55 Å². The Hall–Kier alpha value is -1.26. The Morgan fingerprint density at radius 3 is 3.00 bits per heavy atom. The Kier molecular flexibility index (Phi) is 2.92. The molecule has 1 fully saturated rings. The minimum atomic E-state index is 0.314. The normalized spacial score (nSPS) is 23.9. The van der Waals surface area contributed by atoms with Gasteiger partial charge in [0, 0.05) is 13.2 Å². The van der Waals surface area contributed by atoms with E-state index in [4.69, 9.17) is 22.1 Å². The van der Waals surface area contributed by atoms with Crippen molar-refractivity contribution < 1.29 is 4.74 Å². The van der Waals surface area contributed by atoms with Crippen molar-refractivity contribution in [2.75, 3.05) is 12.8 Å². The minimum Gasteiger partial charge on any atom is -0.381 e. The van der Waals surface area contributed by atoms with Crippen LogP contribution < -0.4 is 5.73 Å². The molecule has 1 aliphatic carbocycles. The van der Waals surface area contributed by atoms with Gasteiger partial charge in [0.25, 0.3) is 0 Å². The number of anilines is 1. The predicted molar refractivity (Wildman–Crippen MR) is 72.8 cm³/mol. The van der Waals surface area contributed by atoms with E-state index in [0.717, 1.165) is 30.3 Å². The number of hydrogen-bond acceptors (Lipinski definition) is 3. The summed E-state index contributed by atoms with van der Waals surface area (Å²) in [5.74, 6) is 0.542. The minimum absolute atomic E-state index is 0.314. The van der Waals surface area contributed by atoms with Gasteiger partial charge in [-0.25, -0.2) is 4.98 Å². The van der Waals surface area contributed by atoms with Gasteiger partial charge in [0.15, 0.2) is 0 Å². The van der Waals surface area contributed by atoms with Gasteiger partial charge in [-0.1, -0.05) is 17.7 Å². The van der Waals surface area contributed by atoms with Crippen LogP contribution in [0.4, 0.5) is 5.95 Å². The molecule has 1 heterocycles. The third-order valence-electron chi connectivity index (χ3n) is 3.74. The van der Waals surface area contributed by atoms with Crippen molar-refractivity contribution in [2.45, 2.75) is 31.4 Å². The maximum Gasteiger partial charge on any atom is 0.201 e. The van der Waals surface area contributed by atoms with Gasteiger partial charge in [-0.2, -0.15) is 0 Å². The molecule has 1 aromatic carbocycles. The quantitative estimate of drug-likeness (QED) is 0.908. The summed E-state index contributed by atoms with van der Waals surface area (Å²) in [6.07, 6.45) is 3.40. The molecule has 0 saturated heterocycles. The molecular formula is C13H16ClN3O. The number of methoxy groups -OCH3 is 1. The van der Waals surface area contributed by atoms with E-state index in [1.807, 2.05) is 18.2 Å². The van der Waals surface area contributed by atoms with Gasteiger partial charge in [0.05, 0.1) is 22.2 Å². The van der Waals surface area contributed by atoms with E-state index >= 15 is 0 Å². The van der Waals surface area contributed by atoms with Crippen LogP contribution in [-0.4, -0.2) is 22.8 Å². The van der Waals surface area contributed by atoms with Crippen molar-refractivity contribution >= 4 is 28.6 Å². The first-order valence-corrected chi connectivity index (χ1v) is 6.53. The van der Waals surface area contributed by atoms with Crippen LogP contribution in [0.2, 0.25) is 5.02 Å². The zero-order chi connectivity index (χ0) is 12.7. The molecule has 2 unspecified atom stereocenters. The maximum atomic E-state index is 6.28. The molecule has 1 aromatic heterocycles. The van der Waals surface area contributed by atoms with Crippen LogP contribution in [0.3, 0.4) is 0 Å². The number of imidazole rings is 1. The topological polar surface area (TPSA) is 53.1 Å². The number of rotatable bonds is 2. The number of nitrogens with zero attached hydrogens (tertiary/aromatic N) is 2. The largest absolute Gasteiger partial charge is 0.381 e. The molecule has 3 rings (SSSR count). The Balaban J connectivity index is 2.09. The zero-order valence-electron chi connectivity index (χ0n) is 10.3. The van der Waals surface area contributed by atoms with Crippen LogP contribution >= 0.6 is 11.6 Å². The van der Waals surface area contributed by atoms with Crippen LogP contribution in [0.5, 0.6) is 0 Å². The molecule has 1 saturated carbocycles. The third kappa shape index (κ3) is 1.76. The fourth-order valence-electron chi connectivity index (χ4n) is 2.86. The average Bonchev–Trinajstić information content (AvgIpc) is 2.92. The van der Waals surface area contributed by atoms with Crippen LogP contribution in [0.1, 0.15) is 25.3 Å². The van der Waals surface area contributed by atoms with Gasteiger partial charge >= 0.3 is 0 Å². The highest BCUT2D eigenvalue weighted by Gasteiger charge is 2.28. The number of para-hydroxylation sites is 1. The summed E-state index contributed by atoms with van der Waals surface area (Å²) in [5.41, 5.74) is 7.85. The van der Waals surface area contributed by atoms with Gasteiger partial charge in [0.2, 0.25) is 5.95 Å². The van der Waals surface area contributed by atoms with Crippen molar-refractivity contribution in [2.24, 2.45) is 0 Å². The molecule has 5 heteroatoms. The molecule has 2 N–H and O–H groups in total. The van der Waals surface area contributed by atoms with E-state index in [1.165, 1.54) is 0 Å². The van der Waals surface area contributed by atoms with Gasteiger partial charge in [0.1, 0.15) is 0 Å². The second-order valence-electron chi connectivity index (χ2n) is 4.77.